The molecular formula is C18H19BrN2O2. The molecule has 0 N–H and O–H groups in total. The van der Waals surface area contributed by atoms with E-state index in [0.29, 0.717) is 18.8 Å². The van der Waals surface area contributed by atoms with Crippen molar-refractivity contribution in [2.75, 3.05) is 13.1 Å². The summed E-state index contributed by atoms with van der Waals surface area (Å²) in [6, 6.07) is 12.5. The van der Waals surface area contributed by atoms with E-state index in [-0.39, 0.29) is 11.5 Å². The molecule has 2 rings (SSSR count). The van der Waals surface area contributed by atoms with Gasteiger partial charge in [-0.25, -0.2) is 0 Å². The van der Waals surface area contributed by atoms with Crippen LogP contribution in [0.15, 0.2) is 57.9 Å². The summed E-state index contributed by atoms with van der Waals surface area (Å²) < 4.78 is 2.31. The fraction of sp³-hybridized carbons (Fsp3) is 0.222. The van der Waals surface area contributed by atoms with Gasteiger partial charge in [0.1, 0.15) is 5.70 Å². The fourth-order valence-corrected chi connectivity index (χ4v) is 2.70. The van der Waals surface area contributed by atoms with Crippen molar-refractivity contribution in [1.82, 2.24) is 9.47 Å². The number of benzene rings is 1. The highest BCUT2D eigenvalue weighted by molar-refractivity contribution is 9.10. The van der Waals surface area contributed by atoms with Crippen LogP contribution in [-0.2, 0) is 4.79 Å². The summed E-state index contributed by atoms with van der Waals surface area (Å²) >= 11 is 3.42. The predicted molar refractivity (Wildman–Crippen MR) is 96.9 cm³/mol. The summed E-state index contributed by atoms with van der Waals surface area (Å²) in [5.74, 6) is -0.164. The van der Waals surface area contributed by atoms with Gasteiger partial charge in [-0.3, -0.25) is 14.2 Å². The number of hydrogen-bond acceptors (Lipinski definition) is 2. The maximum Gasteiger partial charge on any atom is 0.270 e. The summed E-state index contributed by atoms with van der Waals surface area (Å²) in [6.45, 7) is 5.03. The van der Waals surface area contributed by atoms with E-state index in [2.05, 4.69) is 15.9 Å². The van der Waals surface area contributed by atoms with E-state index in [1.54, 1.807) is 29.3 Å². The molecule has 0 aliphatic heterocycles. The van der Waals surface area contributed by atoms with Crippen LogP contribution in [0.5, 0.6) is 0 Å². The van der Waals surface area contributed by atoms with Crippen LogP contribution in [0.3, 0.4) is 0 Å². The first-order valence-corrected chi connectivity index (χ1v) is 8.30. The molecule has 0 radical (unpaired) electrons. The van der Waals surface area contributed by atoms with Crippen LogP contribution in [0.4, 0.5) is 0 Å². The van der Waals surface area contributed by atoms with Gasteiger partial charge in [-0.2, -0.15) is 0 Å². The number of rotatable bonds is 5. The number of hydrogen-bond donors (Lipinski definition) is 0. The molecule has 5 heteroatoms. The van der Waals surface area contributed by atoms with Crippen molar-refractivity contribution < 1.29 is 4.79 Å². The Morgan fingerprint density at radius 2 is 1.91 bits per heavy atom. The number of carbonyl (C=O) groups excluding carboxylic acids is 1. The van der Waals surface area contributed by atoms with Gasteiger partial charge in [0.2, 0.25) is 0 Å². The molecule has 0 bridgehead atoms. The van der Waals surface area contributed by atoms with Gasteiger partial charge in [-0.1, -0.05) is 34.1 Å². The molecule has 1 aromatic heterocycles. The molecule has 1 amide bonds. The van der Waals surface area contributed by atoms with E-state index in [0.717, 1.165) is 10.0 Å². The molecule has 0 unspecified atom stereocenters. The van der Waals surface area contributed by atoms with Crippen LogP contribution in [0, 0.1) is 0 Å². The van der Waals surface area contributed by atoms with E-state index in [9.17, 15) is 9.59 Å². The van der Waals surface area contributed by atoms with Crippen LogP contribution in [0.25, 0.3) is 11.8 Å². The Balaban J connectivity index is 2.58. The summed E-state index contributed by atoms with van der Waals surface area (Å²) in [5, 5.41) is 0. The van der Waals surface area contributed by atoms with E-state index < -0.39 is 0 Å². The number of nitrogens with zero attached hydrogens (tertiary/aromatic N) is 2. The third-order valence-corrected chi connectivity index (χ3v) is 4.00. The number of pyridine rings is 1. The van der Waals surface area contributed by atoms with Crippen molar-refractivity contribution in [3.8, 4) is 0 Å². The van der Waals surface area contributed by atoms with Gasteiger partial charge in [0.25, 0.3) is 11.5 Å². The van der Waals surface area contributed by atoms with Crippen molar-refractivity contribution in [3.05, 3.63) is 69.1 Å². The van der Waals surface area contributed by atoms with Crippen molar-refractivity contribution >= 4 is 33.6 Å². The predicted octanol–water partition coefficient (Wildman–Crippen LogP) is 3.48. The number of aromatic nitrogens is 1. The Labute approximate surface area is 144 Å². The normalized spacial score (nSPS) is 11.3. The van der Waals surface area contributed by atoms with E-state index >= 15 is 0 Å². The van der Waals surface area contributed by atoms with Gasteiger partial charge in [0.05, 0.1) is 0 Å². The maximum absolute atomic E-state index is 12.8. The second kappa shape index (κ2) is 7.92. The number of carbonyl (C=O) groups is 1. The first-order valence-electron chi connectivity index (χ1n) is 7.51. The monoisotopic (exact) mass is 374 g/mol. The molecule has 0 atom stereocenters. The highest BCUT2D eigenvalue weighted by Gasteiger charge is 2.18. The average Bonchev–Trinajstić information content (AvgIpc) is 2.54. The molecule has 1 heterocycles. The number of likely N-dealkylation sites (N-methyl/N-ethyl adjacent to an activating group) is 1. The Morgan fingerprint density at radius 1 is 1.17 bits per heavy atom. The molecule has 2 aromatic rings. The maximum atomic E-state index is 12.8. The van der Waals surface area contributed by atoms with Gasteiger partial charge in [-0.15, -0.1) is 0 Å². The summed E-state index contributed by atoms with van der Waals surface area (Å²) in [6.07, 6.45) is 3.36. The Morgan fingerprint density at radius 3 is 2.52 bits per heavy atom. The van der Waals surface area contributed by atoms with Gasteiger partial charge in [0, 0.05) is 29.8 Å². The van der Waals surface area contributed by atoms with Crippen molar-refractivity contribution in [3.63, 3.8) is 0 Å². The Hall–Kier alpha value is -2.14. The molecule has 120 valence electrons. The molecule has 0 saturated carbocycles. The topological polar surface area (TPSA) is 42.3 Å². The van der Waals surface area contributed by atoms with Gasteiger partial charge in [0.15, 0.2) is 0 Å². The lowest BCUT2D eigenvalue weighted by molar-refractivity contribution is -0.125. The third-order valence-electron chi connectivity index (χ3n) is 3.50. The molecule has 4 nitrogen and oxygen atoms in total. The highest BCUT2D eigenvalue weighted by atomic mass is 79.9. The third kappa shape index (κ3) is 4.20. The SMILES string of the molecule is CCN(CC)C(=O)C(=Cc1cccc(Br)c1)n1ccccc1=O. The lowest BCUT2D eigenvalue weighted by Crippen LogP contribution is -2.35. The number of halogens is 1. The summed E-state index contributed by atoms with van der Waals surface area (Å²) in [7, 11) is 0. The fourth-order valence-electron chi connectivity index (χ4n) is 2.29. The minimum atomic E-state index is -0.228. The smallest absolute Gasteiger partial charge is 0.270 e. The van der Waals surface area contributed by atoms with Crippen LogP contribution in [-0.4, -0.2) is 28.5 Å². The van der Waals surface area contributed by atoms with Gasteiger partial charge < -0.3 is 4.90 Å². The summed E-state index contributed by atoms with van der Waals surface area (Å²) in [5.41, 5.74) is 0.970. The second-order valence-electron chi connectivity index (χ2n) is 4.97. The largest absolute Gasteiger partial charge is 0.338 e. The zero-order valence-electron chi connectivity index (χ0n) is 13.2. The van der Waals surface area contributed by atoms with Crippen molar-refractivity contribution in [1.29, 1.82) is 0 Å². The Bertz CT molecular complexity index is 776. The van der Waals surface area contributed by atoms with Crippen LogP contribution in [0.2, 0.25) is 0 Å². The van der Waals surface area contributed by atoms with E-state index in [1.807, 2.05) is 38.1 Å². The van der Waals surface area contributed by atoms with Crippen LogP contribution >= 0.6 is 15.9 Å². The second-order valence-corrected chi connectivity index (χ2v) is 5.89. The zero-order chi connectivity index (χ0) is 16.8. The lowest BCUT2D eigenvalue weighted by atomic mass is 10.1. The van der Waals surface area contributed by atoms with E-state index in [1.165, 1.54) is 10.6 Å². The molecule has 0 aliphatic rings. The average molecular weight is 375 g/mol. The lowest BCUT2D eigenvalue weighted by Gasteiger charge is -2.21. The zero-order valence-corrected chi connectivity index (χ0v) is 14.8. The standard InChI is InChI=1S/C18H19BrN2O2/c1-3-20(4-2)18(23)16(21-11-6-5-10-17(21)22)13-14-8-7-9-15(19)12-14/h5-13H,3-4H2,1-2H3. The molecule has 0 fully saturated rings. The molecule has 0 saturated heterocycles. The Kier molecular flexibility index (Phi) is 5.93. The van der Waals surface area contributed by atoms with Gasteiger partial charge >= 0.3 is 0 Å². The number of amides is 1. The summed E-state index contributed by atoms with van der Waals surface area (Å²) in [4.78, 5) is 26.7. The quantitative estimate of drug-likeness (QED) is 0.751. The van der Waals surface area contributed by atoms with Crippen molar-refractivity contribution in [2.45, 2.75) is 13.8 Å². The molecule has 1 aromatic carbocycles. The molecular weight excluding hydrogens is 356 g/mol. The molecule has 0 aliphatic carbocycles. The first-order chi connectivity index (χ1) is 11.1. The minimum Gasteiger partial charge on any atom is -0.338 e. The highest BCUT2D eigenvalue weighted by Crippen LogP contribution is 2.17. The first kappa shape index (κ1) is 17.2. The molecule has 0 spiro atoms. The molecule has 23 heavy (non-hydrogen) atoms. The minimum absolute atomic E-state index is 0.164. The van der Waals surface area contributed by atoms with Crippen molar-refractivity contribution in [2.24, 2.45) is 0 Å². The van der Waals surface area contributed by atoms with Crippen LogP contribution < -0.4 is 5.56 Å². The van der Waals surface area contributed by atoms with E-state index in [4.69, 9.17) is 0 Å². The van der Waals surface area contributed by atoms with Gasteiger partial charge in [-0.05, 0) is 43.7 Å². The van der Waals surface area contributed by atoms with Crippen LogP contribution in [0.1, 0.15) is 19.4 Å².